The molecule has 0 aromatic heterocycles. The number of hydrogen-bond donors (Lipinski definition) is 1. The zero-order chi connectivity index (χ0) is 14.3. The molecule has 0 radical (unpaired) electrons. The van der Waals surface area contributed by atoms with Crippen LogP contribution in [0.3, 0.4) is 0 Å². The van der Waals surface area contributed by atoms with Gasteiger partial charge in [0.05, 0.1) is 0 Å². The highest BCUT2D eigenvalue weighted by molar-refractivity contribution is 14.1. The molecule has 20 heavy (non-hydrogen) atoms. The molecule has 3 rings (SSSR count). The summed E-state index contributed by atoms with van der Waals surface area (Å²) in [5.41, 5.74) is 3.88. The highest BCUT2D eigenvalue weighted by atomic mass is 127. The Bertz CT molecular complexity index is 611. The van der Waals surface area contributed by atoms with E-state index in [2.05, 4.69) is 88.5 Å². The highest BCUT2D eigenvalue weighted by Crippen LogP contribution is 2.41. The van der Waals surface area contributed by atoms with Crippen molar-refractivity contribution in [3.8, 4) is 0 Å². The fourth-order valence-corrected chi connectivity index (χ4v) is 4.08. The zero-order valence-electron chi connectivity index (χ0n) is 11.3. The van der Waals surface area contributed by atoms with Gasteiger partial charge in [0.1, 0.15) is 5.60 Å². The average molecular weight is 490 g/mol. The van der Waals surface area contributed by atoms with Crippen molar-refractivity contribution in [3.63, 3.8) is 0 Å². The minimum atomic E-state index is -0.858. The van der Waals surface area contributed by atoms with Gasteiger partial charge in [0.2, 0.25) is 0 Å². The molecule has 0 atom stereocenters. The summed E-state index contributed by atoms with van der Waals surface area (Å²) >= 11 is 4.65. The molecule has 0 spiro atoms. The van der Waals surface area contributed by atoms with E-state index in [0.29, 0.717) is 6.42 Å². The Hall–Kier alpha value is -0.140. The molecular formula is C17H16I2O. The summed E-state index contributed by atoms with van der Waals surface area (Å²) < 4.78 is 2.37. The number of fused-ring (bicyclic) bond motifs is 2. The predicted molar refractivity (Wildman–Crippen MR) is 99.0 cm³/mol. The van der Waals surface area contributed by atoms with Crippen LogP contribution in [0.2, 0.25) is 0 Å². The van der Waals surface area contributed by atoms with E-state index in [0.717, 1.165) is 24.0 Å². The Balaban J connectivity index is 2.30. The quantitative estimate of drug-likeness (QED) is 0.578. The smallest absolute Gasteiger partial charge is 0.115 e. The Morgan fingerprint density at radius 3 is 1.80 bits per heavy atom. The summed E-state index contributed by atoms with van der Waals surface area (Å²) in [5.74, 6) is 0. The molecule has 0 amide bonds. The van der Waals surface area contributed by atoms with Gasteiger partial charge >= 0.3 is 0 Å². The molecule has 1 nitrogen and oxygen atoms in total. The molecule has 2 aromatic rings. The molecule has 3 heteroatoms. The third-order valence-corrected chi connectivity index (χ3v) is 5.55. The first kappa shape index (κ1) is 14.8. The largest absolute Gasteiger partial charge is 0.380 e. The number of hydrogen-bond acceptors (Lipinski definition) is 1. The SMILES string of the molecule is CCC1(O)c2cc(I)ccc2CCc2ccc(I)cc21. The lowest BCUT2D eigenvalue weighted by molar-refractivity contribution is 0.0757. The van der Waals surface area contributed by atoms with E-state index in [-0.39, 0.29) is 0 Å². The van der Waals surface area contributed by atoms with Crippen LogP contribution in [0.1, 0.15) is 35.6 Å². The van der Waals surface area contributed by atoms with Crippen LogP contribution < -0.4 is 0 Å². The van der Waals surface area contributed by atoms with Gasteiger partial charge in [0.15, 0.2) is 0 Å². The zero-order valence-corrected chi connectivity index (χ0v) is 15.6. The molecule has 1 N–H and O–H groups in total. The minimum absolute atomic E-state index is 0.702. The lowest BCUT2D eigenvalue weighted by atomic mass is 9.81. The van der Waals surface area contributed by atoms with Gasteiger partial charge in [-0.3, -0.25) is 0 Å². The van der Waals surface area contributed by atoms with Crippen LogP contribution in [0.15, 0.2) is 36.4 Å². The van der Waals surface area contributed by atoms with E-state index < -0.39 is 5.60 Å². The maximum absolute atomic E-state index is 11.4. The van der Waals surface area contributed by atoms with E-state index in [4.69, 9.17) is 0 Å². The Morgan fingerprint density at radius 2 is 1.40 bits per heavy atom. The van der Waals surface area contributed by atoms with E-state index in [1.54, 1.807) is 0 Å². The standard InChI is InChI=1S/C17H16I2O/c1-2-17(20)15-9-13(18)7-5-11(15)3-4-12-6-8-14(19)10-16(12)17/h5-10,20H,2-4H2,1H3. The molecule has 2 aromatic carbocycles. The second kappa shape index (κ2) is 5.57. The van der Waals surface area contributed by atoms with Gasteiger partial charge in [0, 0.05) is 7.14 Å². The van der Waals surface area contributed by atoms with Crippen LogP contribution in [0.5, 0.6) is 0 Å². The van der Waals surface area contributed by atoms with Crippen LogP contribution in [0.25, 0.3) is 0 Å². The summed E-state index contributed by atoms with van der Waals surface area (Å²) in [5, 5.41) is 11.4. The third-order valence-electron chi connectivity index (χ3n) is 4.21. The number of rotatable bonds is 1. The third kappa shape index (κ3) is 2.41. The molecule has 104 valence electrons. The van der Waals surface area contributed by atoms with E-state index in [1.807, 2.05) is 0 Å². The molecule has 0 saturated carbocycles. The van der Waals surface area contributed by atoms with Gasteiger partial charge < -0.3 is 5.11 Å². The first-order chi connectivity index (χ1) is 9.54. The molecular weight excluding hydrogens is 474 g/mol. The molecule has 0 heterocycles. The molecule has 1 aliphatic carbocycles. The van der Waals surface area contributed by atoms with Crippen LogP contribution in [-0.4, -0.2) is 5.11 Å². The van der Waals surface area contributed by atoms with E-state index in [1.165, 1.54) is 18.3 Å². The Morgan fingerprint density at radius 1 is 0.950 bits per heavy atom. The van der Waals surface area contributed by atoms with Crippen molar-refractivity contribution in [1.29, 1.82) is 0 Å². The van der Waals surface area contributed by atoms with E-state index >= 15 is 0 Å². The van der Waals surface area contributed by atoms with Gasteiger partial charge in [0.25, 0.3) is 0 Å². The van der Waals surface area contributed by atoms with Crippen molar-refractivity contribution in [2.24, 2.45) is 0 Å². The number of benzene rings is 2. The molecule has 0 saturated heterocycles. The Kier molecular flexibility index (Phi) is 4.12. The van der Waals surface area contributed by atoms with Gasteiger partial charge in [-0.15, -0.1) is 0 Å². The van der Waals surface area contributed by atoms with Gasteiger partial charge in [-0.05, 0) is 111 Å². The topological polar surface area (TPSA) is 20.2 Å². The fraction of sp³-hybridized carbons (Fsp3) is 0.294. The second-order valence-electron chi connectivity index (χ2n) is 5.32. The fourth-order valence-electron chi connectivity index (χ4n) is 3.10. The monoisotopic (exact) mass is 490 g/mol. The summed E-state index contributed by atoms with van der Waals surface area (Å²) in [6, 6.07) is 12.9. The number of halogens is 2. The highest BCUT2D eigenvalue weighted by Gasteiger charge is 2.35. The lowest BCUT2D eigenvalue weighted by Gasteiger charge is -2.30. The molecule has 0 fully saturated rings. The van der Waals surface area contributed by atoms with Crippen LogP contribution in [0, 0.1) is 7.14 Å². The Labute approximate surface area is 147 Å². The summed E-state index contributed by atoms with van der Waals surface area (Å²) in [6.45, 7) is 2.07. The average Bonchev–Trinajstić information content (AvgIpc) is 2.56. The summed E-state index contributed by atoms with van der Waals surface area (Å²) in [7, 11) is 0. The van der Waals surface area contributed by atoms with Gasteiger partial charge in [-0.1, -0.05) is 19.1 Å². The van der Waals surface area contributed by atoms with Crippen molar-refractivity contribution >= 4 is 45.2 Å². The maximum atomic E-state index is 11.4. The van der Waals surface area contributed by atoms with E-state index in [9.17, 15) is 5.11 Å². The predicted octanol–water partition coefficient (Wildman–Crippen LogP) is 4.64. The van der Waals surface area contributed by atoms with Crippen LogP contribution >= 0.6 is 45.2 Å². The van der Waals surface area contributed by atoms with Crippen molar-refractivity contribution in [2.75, 3.05) is 0 Å². The van der Waals surface area contributed by atoms with Crippen molar-refractivity contribution in [1.82, 2.24) is 0 Å². The van der Waals surface area contributed by atoms with Crippen LogP contribution in [0.4, 0.5) is 0 Å². The molecule has 0 bridgehead atoms. The number of aryl methyl sites for hydroxylation is 2. The van der Waals surface area contributed by atoms with Crippen molar-refractivity contribution in [3.05, 3.63) is 65.8 Å². The lowest BCUT2D eigenvalue weighted by Crippen LogP contribution is -2.28. The minimum Gasteiger partial charge on any atom is -0.380 e. The van der Waals surface area contributed by atoms with Gasteiger partial charge in [-0.2, -0.15) is 0 Å². The summed E-state index contributed by atoms with van der Waals surface area (Å²) in [4.78, 5) is 0. The second-order valence-corrected chi connectivity index (χ2v) is 7.81. The molecule has 0 aliphatic heterocycles. The molecule has 0 unspecified atom stereocenters. The normalized spacial score (nSPS) is 16.2. The summed E-state index contributed by atoms with van der Waals surface area (Å²) in [6.07, 6.45) is 2.71. The van der Waals surface area contributed by atoms with Crippen molar-refractivity contribution < 1.29 is 5.11 Å². The number of aliphatic hydroxyl groups is 1. The maximum Gasteiger partial charge on any atom is 0.115 e. The van der Waals surface area contributed by atoms with Crippen LogP contribution in [-0.2, 0) is 18.4 Å². The first-order valence-electron chi connectivity index (χ1n) is 6.85. The van der Waals surface area contributed by atoms with Gasteiger partial charge in [-0.25, -0.2) is 0 Å². The van der Waals surface area contributed by atoms with Crippen molar-refractivity contribution in [2.45, 2.75) is 31.8 Å². The first-order valence-corrected chi connectivity index (χ1v) is 9.00. The molecule has 1 aliphatic rings.